The van der Waals surface area contributed by atoms with E-state index in [-0.39, 0.29) is 23.7 Å². The zero-order chi connectivity index (χ0) is 12.3. The predicted molar refractivity (Wildman–Crippen MR) is 75.2 cm³/mol. The van der Waals surface area contributed by atoms with Crippen LogP contribution in [0.1, 0.15) is 51.9 Å². The van der Waals surface area contributed by atoms with Crippen LogP contribution in [0.15, 0.2) is 0 Å². The molecule has 4 heteroatoms. The smallest absolute Gasteiger partial charge is 0.306 e. The second-order valence-corrected chi connectivity index (χ2v) is 5.91. The van der Waals surface area contributed by atoms with Crippen LogP contribution in [0, 0.1) is 17.3 Å². The average molecular weight is 276 g/mol. The number of nitrogens with one attached hydrogen (secondary N) is 1. The van der Waals surface area contributed by atoms with E-state index in [1.54, 1.807) is 0 Å². The number of carboxylic acid groups (broad SMARTS) is 1. The van der Waals surface area contributed by atoms with Crippen molar-refractivity contribution < 1.29 is 9.90 Å². The van der Waals surface area contributed by atoms with Crippen LogP contribution < -0.4 is 5.32 Å². The van der Waals surface area contributed by atoms with Gasteiger partial charge < -0.3 is 10.4 Å². The highest BCUT2D eigenvalue weighted by Gasteiger charge is 2.46. The fourth-order valence-corrected chi connectivity index (χ4v) is 3.95. The lowest BCUT2D eigenvalue weighted by molar-refractivity contribution is -0.149. The van der Waals surface area contributed by atoms with Crippen LogP contribution in [0.3, 0.4) is 0 Å². The van der Waals surface area contributed by atoms with E-state index in [0.29, 0.717) is 5.92 Å². The molecule has 2 rings (SSSR count). The summed E-state index contributed by atoms with van der Waals surface area (Å²) in [5, 5.41) is 12.8. The number of carbonyl (C=O) groups is 1. The largest absolute Gasteiger partial charge is 0.481 e. The van der Waals surface area contributed by atoms with Crippen LogP contribution in [-0.2, 0) is 4.79 Å². The summed E-state index contributed by atoms with van der Waals surface area (Å²) in [6.45, 7) is 3.88. The SMILES string of the molecule is CC(C(=O)O)C1(C2CCCCC2)CCCNC1.Cl. The van der Waals surface area contributed by atoms with Gasteiger partial charge in [-0.15, -0.1) is 12.4 Å². The number of carboxylic acids is 1. The van der Waals surface area contributed by atoms with Gasteiger partial charge >= 0.3 is 5.97 Å². The van der Waals surface area contributed by atoms with Gasteiger partial charge in [0.05, 0.1) is 5.92 Å². The van der Waals surface area contributed by atoms with E-state index < -0.39 is 5.97 Å². The van der Waals surface area contributed by atoms with Crippen LogP contribution >= 0.6 is 12.4 Å². The Kier molecular flexibility index (Phi) is 5.93. The van der Waals surface area contributed by atoms with E-state index in [2.05, 4.69) is 5.32 Å². The van der Waals surface area contributed by atoms with Gasteiger partial charge in [0.1, 0.15) is 0 Å². The van der Waals surface area contributed by atoms with Gasteiger partial charge in [0.15, 0.2) is 0 Å². The highest BCUT2D eigenvalue weighted by atomic mass is 35.5. The Morgan fingerprint density at radius 2 is 1.94 bits per heavy atom. The molecule has 1 aliphatic carbocycles. The molecular formula is C14H26ClNO2. The summed E-state index contributed by atoms with van der Waals surface area (Å²) >= 11 is 0. The normalized spacial score (nSPS) is 31.4. The number of hydrogen-bond acceptors (Lipinski definition) is 2. The van der Waals surface area contributed by atoms with Crippen LogP contribution in [0.25, 0.3) is 0 Å². The maximum absolute atomic E-state index is 11.4. The summed E-state index contributed by atoms with van der Waals surface area (Å²) in [7, 11) is 0. The lowest BCUT2D eigenvalue weighted by Crippen LogP contribution is -2.51. The van der Waals surface area contributed by atoms with Crippen molar-refractivity contribution in [1.82, 2.24) is 5.32 Å². The van der Waals surface area contributed by atoms with Crippen molar-refractivity contribution in [3.63, 3.8) is 0 Å². The summed E-state index contributed by atoms with van der Waals surface area (Å²) in [5.74, 6) is -0.201. The maximum atomic E-state index is 11.4. The van der Waals surface area contributed by atoms with Crippen molar-refractivity contribution in [3.8, 4) is 0 Å². The zero-order valence-corrected chi connectivity index (χ0v) is 12.1. The molecule has 0 aromatic rings. The van der Waals surface area contributed by atoms with Gasteiger partial charge in [-0.25, -0.2) is 0 Å². The minimum absolute atomic E-state index is 0. The second-order valence-electron chi connectivity index (χ2n) is 5.91. The molecule has 2 atom stereocenters. The van der Waals surface area contributed by atoms with Crippen molar-refractivity contribution in [2.24, 2.45) is 17.3 Å². The lowest BCUT2D eigenvalue weighted by atomic mass is 9.59. The quantitative estimate of drug-likeness (QED) is 0.832. The molecule has 106 valence electrons. The lowest BCUT2D eigenvalue weighted by Gasteiger charge is -2.48. The van der Waals surface area contributed by atoms with Gasteiger partial charge in [-0.3, -0.25) is 4.79 Å². The summed E-state index contributed by atoms with van der Waals surface area (Å²) in [5.41, 5.74) is 0.0184. The summed E-state index contributed by atoms with van der Waals surface area (Å²) in [4.78, 5) is 11.4. The third-order valence-corrected chi connectivity index (χ3v) is 5.10. The molecule has 2 fully saturated rings. The van der Waals surface area contributed by atoms with E-state index in [0.717, 1.165) is 25.9 Å². The first kappa shape index (κ1) is 15.8. The Hall–Kier alpha value is -0.280. The number of aliphatic carboxylic acids is 1. The van der Waals surface area contributed by atoms with E-state index in [9.17, 15) is 9.90 Å². The fourth-order valence-electron chi connectivity index (χ4n) is 3.95. The Morgan fingerprint density at radius 1 is 1.28 bits per heavy atom. The Morgan fingerprint density at radius 3 is 2.44 bits per heavy atom. The summed E-state index contributed by atoms with van der Waals surface area (Å²) < 4.78 is 0. The van der Waals surface area contributed by atoms with Crippen LogP contribution in [0.5, 0.6) is 0 Å². The average Bonchev–Trinajstić information content (AvgIpc) is 2.39. The molecule has 0 bridgehead atoms. The van der Waals surface area contributed by atoms with Crippen molar-refractivity contribution in [2.75, 3.05) is 13.1 Å². The van der Waals surface area contributed by atoms with Crippen LogP contribution in [0.4, 0.5) is 0 Å². The Labute approximate surface area is 116 Å². The molecule has 1 saturated heterocycles. The molecule has 2 aliphatic rings. The molecule has 2 unspecified atom stereocenters. The zero-order valence-electron chi connectivity index (χ0n) is 11.3. The van der Waals surface area contributed by atoms with E-state index >= 15 is 0 Å². The number of piperidine rings is 1. The van der Waals surface area contributed by atoms with Crippen molar-refractivity contribution >= 4 is 18.4 Å². The fraction of sp³-hybridized carbons (Fsp3) is 0.929. The predicted octanol–water partition coefficient (Wildman–Crippen LogP) is 3.08. The van der Waals surface area contributed by atoms with Crippen molar-refractivity contribution in [1.29, 1.82) is 0 Å². The third kappa shape index (κ3) is 3.00. The van der Waals surface area contributed by atoms with Gasteiger partial charge in [0, 0.05) is 6.54 Å². The topological polar surface area (TPSA) is 49.3 Å². The van der Waals surface area contributed by atoms with Gasteiger partial charge in [0.2, 0.25) is 0 Å². The van der Waals surface area contributed by atoms with E-state index in [1.165, 1.54) is 32.1 Å². The maximum Gasteiger partial charge on any atom is 0.306 e. The number of hydrogen-bond donors (Lipinski definition) is 2. The molecular weight excluding hydrogens is 250 g/mol. The first-order chi connectivity index (χ1) is 8.17. The van der Waals surface area contributed by atoms with E-state index in [4.69, 9.17) is 0 Å². The minimum atomic E-state index is -0.612. The molecule has 1 heterocycles. The minimum Gasteiger partial charge on any atom is -0.481 e. The highest BCUT2D eigenvalue weighted by molar-refractivity contribution is 5.85. The molecule has 1 saturated carbocycles. The highest BCUT2D eigenvalue weighted by Crippen LogP contribution is 2.47. The number of rotatable bonds is 3. The van der Waals surface area contributed by atoms with Gasteiger partial charge in [-0.2, -0.15) is 0 Å². The standard InChI is InChI=1S/C14H25NO2.ClH/c1-11(13(16)17)14(8-5-9-15-10-14)12-6-3-2-4-7-12;/h11-12,15H,2-10H2,1H3,(H,16,17);1H. The summed E-state index contributed by atoms with van der Waals surface area (Å²) in [6.07, 6.45) is 8.61. The molecule has 1 aliphatic heterocycles. The van der Waals surface area contributed by atoms with Gasteiger partial charge in [-0.1, -0.05) is 26.2 Å². The molecule has 0 aromatic heterocycles. The molecule has 2 N–H and O–H groups in total. The second kappa shape index (κ2) is 6.76. The third-order valence-electron chi connectivity index (χ3n) is 5.10. The molecule has 0 aromatic carbocycles. The van der Waals surface area contributed by atoms with Crippen LogP contribution in [-0.4, -0.2) is 24.2 Å². The van der Waals surface area contributed by atoms with Crippen LogP contribution in [0.2, 0.25) is 0 Å². The van der Waals surface area contributed by atoms with Gasteiger partial charge in [-0.05, 0) is 43.6 Å². The molecule has 18 heavy (non-hydrogen) atoms. The van der Waals surface area contributed by atoms with Gasteiger partial charge in [0.25, 0.3) is 0 Å². The Bertz CT molecular complexity index is 271. The number of halogens is 1. The molecule has 3 nitrogen and oxygen atoms in total. The summed E-state index contributed by atoms with van der Waals surface area (Å²) in [6, 6.07) is 0. The first-order valence-electron chi connectivity index (χ1n) is 7.10. The van der Waals surface area contributed by atoms with Crippen molar-refractivity contribution in [3.05, 3.63) is 0 Å². The monoisotopic (exact) mass is 275 g/mol. The Balaban J connectivity index is 0.00000162. The first-order valence-corrected chi connectivity index (χ1v) is 7.10. The van der Waals surface area contributed by atoms with Crippen molar-refractivity contribution in [2.45, 2.75) is 51.9 Å². The molecule has 0 spiro atoms. The molecule has 0 radical (unpaired) electrons. The van der Waals surface area contributed by atoms with E-state index in [1.807, 2.05) is 6.92 Å². The molecule has 0 amide bonds.